The lowest BCUT2D eigenvalue weighted by molar-refractivity contribution is 0.100. The van der Waals surface area contributed by atoms with Gasteiger partial charge in [-0.2, -0.15) is 0 Å². The number of nitrogens with two attached hydrogens (primary N) is 1. The minimum atomic E-state index is -0.513. The molecule has 1 heterocycles. The topological polar surface area (TPSA) is 70.2 Å². The molecule has 0 aliphatic carbocycles. The third-order valence-corrected chi connectivity index (χ3v) is 3.37. The second-order valence-corrected chi connectivity index (χ2v) is 4.65. The first-order chi connectivity index (χ1) is 9.56. The Kier molecular flexibility index (Phi) is 2.75. The fraction of sp³-hybridized carbons (Fsp3) is 0.0667. The van der Waals surface area contributed by atoms with E-state index in [2.05, 4.69) is 0 Å². The van der Waals surface area contributed by atoms with Gasteiger partial charge in [-0.1, -0.05) is 12.1 Å². The normalized spacial score (nSPS) is 13.4. The Labute approximate surface area is 115 Å². The average Bonchev–Trinajstić information content (AvgIpc) is 2.76. The van der Waals surface area contributed by atoms with Crippen molar-refractivity contribution in [1.82, 2.24) is 0 Å². The van der Waals surface area contributed by atoms with Gasteiger partial charge in [-0.05, 0) is 35.9 Å². The maximum absolute atomic E-state index is 13.3. The van der Waals surface area contributed by atoms with Gasteiger partial charge < -0.3 is 10.6 Å². The third kappa shape index (κ3) is 1.93. The first-order valence-electron chi connectivity index (χ1n) is 6.11. The number of nitrogens with one attached hydrogen (secondary N) is 1. The Balaban J connectivity index is 2.00. The van der Waals surface area contributed by atoms with Gasteiger partial charge in [0.15, 0.2) is 0 Å². The molecule has 5 heteroatoms. The van der Waals surface area contributed by atoms with Crippen LogP contribution in [0.4, 0.5) is 10.1 Å². The largest absolute Gasteiger partial charge is 0.366 e. The SMILES string of the molecule is N=C1c2cc(F)ccc2CN1c1cccc(C(N)=O)c1. The molecule has 0 aromatic heterocycles. The van der Waals surface area contributed by atoms with E-state index in [0.29, 0.717) is 23.4 Å². The van der Waals surface area contributed by atoms with Crippen molar-refractivity contribution in [3.63, 3.8) is 0 Å². The summed E-state index contributed by atoms with van der Waals surface area (Å²) in [5.41, 5.74) is 7.81. The number of carbonyl (C=O) groups is 1. The molecule has 0 saturated heterocycles. The van der Waals surface area contributed by atoms with Crippen molar-refractivity contribution < 1.29 is 9.18 Å². The summed E-state index contributed by atoms with van der Waals surface area (Å²) in [7, 11) is 0. The maximum atomic E-state index is 13.3. The lowest BCUT2D eigenvalue weighted by Gasteiger charge is -2.18. The number of halogens is 1. The molecule has 2 aromatic rings. The maximum Gasteiger partial charge on any atom is 0.248 e. The summed E-state index contributed by atoms with van der Waals surface area (Å²) in [4.78, 5) is 12.9. The van der Waals surface area contributed by atoms with E-state index in [0.717, 1.165) is 5.56 Å². The van der Waals surface area contributed by atoms with Gasteiger partial charge in [0.2, 0.25) is 5.91 Å². The van der Waals surface area contributed by atoms with E-state index in [1.165, 1.54) is 12.1 Å². The van der Waals surface area contributed by atoms with Crippen LogP contribution in [0.5, 0.6) is 0 Å². The fourth-order valence-electron chi connectivity index (χ4n) is 2.35. The molecule has 3 N–H and O–H groups in total. The number of primary amides is 1. The number of hydrogen-bond donors (Lipinski definition) is 2. The van der Waals surface area contributed by atoms with Crippen molar-refractivity contribution in [2.75, 3.05) is 4.90 Å². The van der Waals surface area contributed by atoms with Crippen molar-refractivity contribution in [1.29, 1.82) is 5.41 Å². The number of benzene rings is 2. The molecule has 0 fully saturated rings. The van der Waals surface area contributed by atoms with Gasteiger partial charge in [0.25, 0.3) is 0 Å². The number of rotatable bonds is 2. The van der Waals surface area contributed by atoms with Crippen LogP contribution in [0.25, 0.3) is 0 Å². The molecule has 0 atom stereocenters. The minimum Gasteiger partial charge on any atom is -0.366 e. The van der Waals surface area contributed by atoms with Crippen molar-refractivity contribution >= 4 is 17.4 Å². The van der Waals surface area contributed by atoms with Crippen LogP contribution in [0, 0.1) is 11.2 Å². The Bertz CT molecular complexity index is 727. The third-order valence-electron chi connectivity index (χ3n) is 3.37. The summed E-state index contributed by atoms with van der Waals surface area (Å²) in [6, 6.07) is 11.2. The van der Waals surface area contributed by atoms with Gasteiger partial charge in [-0.15, -0.1) is 0 Å². The Morgan fingerprint density at radius 3 is 2.80 bits per heavy atom. The zero-order valence-corrected chi connectivity index (χ0v) is 10.6. The Morgan fingerprint density at radius 2 is 2.05 bits per heavy atom. The zero-order valence-electron chi connectivity index (χ0n) is 10.6. The highest BCUT2D eigenvalue weighted by Gasteiger charge is 2.25. The van der Waals surface area contributed by atoms with Crippen molar-refractivity contribution in [3.8, 4) is 0 Å². The molecule has 0 unspecified atom stereocenters. The fourth-order valence-corrected chi connectivity index (χ4v) is 2.35. The van der Waals surface area contributed by atoms with Gasteiger partial charge >= 0.3 is 0 Å². The van der Waals surface area contributed by atoms with E-state index >= 15 is 0 Å². The van der Waals surface area contributed by atoms with E-state index in [1.807, 2.05) is 0 Å². The van der Waals surface area contributed by atoms with Gasteiger partial charge in [-0.25, -0.2) is 4.39 Å². The van der Waals surface area contributed by atoms with Crippen LogP contribution in [0.2, 0.25) is 0 Å². The Hall–Kier alpha value is -2.69. The van der Waals surface area contributed by atoms with E-state index in [1.54, 1.807) is 35.2 Å². The molecule has 100 valence electrons. The smallest absolute Gasteiger partial charge is 0.248 e. The quantitative estimate of drug-likeness (QED) is 0.878. The van der Waals surface area contributed by atoms with Gasteiger partial charge in [0.1, 0.15) is 11.7 Å². The van der Waals surface area contributed by atoms with Gasteiger partial charge in [0, 0.05) is 16.8 Å². The highest BCUT2D eigenvalue weighted by Crippen LogP contribution is 2.29. The van der Waals surface area contributed by atoms with Crippen LogP contribution in [0.15, 0.2) is 42.5 Å². The van der Waals surface area contributed by atoms with Gasteiger partial charge in [-0.3, -0.25) is 10.2 Å². The van der Waals surface area contributed by atoms with Crippen LogP contribution < -0.4 is 10.6 Å². The average molecular weight is 269 g/mol. The minimum absolute atomic E-state index is 0.223. The predicted octanol–water partition coefficient (Wildman–Crippen LogP) is 2.27. The second-order valence-electron chi connectivity index (χ2n) is 4.65. The second kappa shape index (κ2) is 4.45. The summed E-state index contributed by atoms with van der Waals surface area (Å²) < 4.78 is 13.3. The molecule has 0 saturated carbocycles. The Morgan fingerprint density at radius 1 is 1.25 bits per heavy atom. The summed E-state index contributed by atoms with van der Waals surface area (Å²) in [6.45, 7) is 0.483. The zero-order chi connectivity index (χ0) is 14.3. The van der Waals surface area contributed by atoms with Crippen LogP contribution >= 0.6 is 0 Å². The van der Waals surface area contributed by atoms with Crippen LogP contribution in [0.1, 0.15) is 21.5 Å². The summed E-state index contributed by atoms with van der Waals surface area (Å²) in [5.74, 6) is -0.650. The molecule has 0 spiro atoms. The number of amidine groups is 1. The number of carbonyl (C=O) groups excluding carboxylic acids is 1. The van der Waals surface area contributed by atoms with Crippen LogP contribution in [-0.2, 0) is 6.54 Å². The van der Waals surface area contributed by atoms with E-state index in [4.69, 9.17) is 11.1 Å². The van der Waals surface area contributed by atoms with Crippen molar-refractivity contribution in [2.45, 2.75) is 6.54 Å². The van der Waals surface area contributed by atoms with E-state index < -0.39 is 5.91 Å². The first-order valence-corrected chi connectivity index (χ1v) is 6.11. The predicted molar refractivity (Wildman–Crippen MR) is 74.4 cm³/mol. The number of amides is 1. The first kappa shape index (κ1) is 12.3. The van der Waals surface area contributed by atoms with Crippen LogP contribution in [0.3, 0.4) is 0 Å². The van der Waals surface area contributed by atoms with Gasteiger partial charge in [0.05, 0.1) is 6.54 Å². The molecular weight excluding hydrogens is 257 g/mol. The number of hydrogen-bond acceptors (Lipinski definition) is 2. The molecule has 1 amide bonds. The van der Waals surface area contributed by atoms with Crippen LogP contribution in [-0.4, -0.2) is 11.7 Å². The molecule has 2 aromatic carbocycles. The van der Waals surface area contributed by atoms with E-state index in [-0.39, 0.29) is 11.7 Å². The summed E-state index contributed by atoms with van der Waals surface area (Å²) in [6.07, 6.45) is 0. The highest BCUT2D eigenvalue weighted by molar-refractivity contribution is 6.12. The number of anilines is 1. The monoisotopic (exact) mass is 269 g/mol. The van der Waals surface area contributed by atoms with Crippen molar-refractivity contribution in [2.24, 2.45) is 5.73 Å². The molecule has 3 rings (SSSR count). The molecule has 4 nitrogen and oxygen atoms in total. The molecule has 0 radical (unpaired) electrons. The molecule has 1 aliphatic heterocycles. The molecule has 1 aliphatic rings. The molecular formula is C15H12FN3O. The number of fused-ring (bicyclic) bond motifs is 1. The lowest BCUT2D eigenvalue weighted by atomic mass is 10.1. The van der Waals surface area contributed by atoms with E-state index in [9.17, 15) is 9.18 Å². The lowest BCUT2D eigenvalue weighted by Crippen LogP contribution is -2.23. The standard InChI is InChI=1S/C15H12FN3O/c16-11-5-4-10-8-19(14(17)13(10)7-11)12-3-1-2-9(6-12)15(18)20/h1-7,17H,8H2,(H2,18,20). The molecule has 20 heavy (non-hydrogen) atoms. The van der Waals surface area contributed by atoms with Crippen molar-refractivity contribution in [3.05, 3.63) is 65.0 Å². The molecule has 0 bridgehead atoms. The summed E-state index contributed by atoms with van der Waals surface area (Å²) in [5, 5.41) is 8.14. The highest BCUT2D eigenvalue weighted by atomic mass is 19.1. The summed E-state index contributed by atoms with van der Waals surface area (Å²) >= 11 is 0. The number of nitrogens with zero attached hydrogens (tertiary/aromatic N) is 1.